The summed E-state index contributed by atoms with van der Waals surface area (Å²) in [4.78, 5) is 25.2. The van der Waals surface area contributed by atoms with Crippen molar-refractivity contribution in [1.82, 2.24) is 19.8 Å². The number of carbonyl (C=O) groups excluding carboxylic acids is 1. The minimum atomic E-state index is 0.0329. The highest BCUT2D eigenvalue weighted by molar-refractivity contribution is 5.91. The van der Waals surface area contributed by atoms with Crippen molar-refractivity contribution < 1.29 is 4.79 Å². The molecule has 0 N–H and O–H groups in total. The van der Waals surface area contributed by atoms with Crippen molar-refractivity contribution in [2.45, 2.75) is 39.0 Å². The Bertz CT molecular complexity index is 499. The molecular formula is C18H28N4O. The second-order valence-electron chi connectivity index (χ2n) is 7.16. The van der Waals surface area contributed by atoms with E-state index in [1.54, 1.807) is 18.6 Å². The van der Waals surface area contributed by atoms with Crippen molar-refractivity contribution in [2.24, 2.45) is 11.8 Å². The second kappa shape index (κ2) is 7.86. The summed E-state index contributed by atoms with van der Waals surface area (Å²) >= 11 is 0. The summed E-state index contributed by atoms with van der Waals surface area (Å²) in [6.45, 7) is 7.77. The number of hydrogen-bond acceptors (Lipinski definition) is 4. The molecule has 3 heterocycles. The Kier molecular flexibility index (Phi) is 5.60. The lowest BCUT2D eigenvalue weighted by Gasteiger charge is -2.32. The Morgan fingerprint density at radius 2 is 1.96 bits per heavy atom. The number of amides is 1. The summed E-state index contributed by atoms with van der Waals surface area (Å²) in [5.41, 5.74) is 0.468. The first kappa shape index (κ1) is 16.4. The Hall–Kier alpha value is -1.49. The van der Waals surface area contributed by atoms with E-state index in [4.69, 9.17) is 0 Å². The first-order chi connectivity index (χ1) is 11.2. The molecule has 3 rings (SSSR count). The van der Waals surface area contributed by atoms with Crippen molar-refractivity contribution in [1.29, 1.82) is 0 Å². The van der Waals surface area contributed by atoms with Crippen molar-refractivity contribution >= 4 is 5.91 Å². The molecule has 126 valence electrons. The summed E-state index contributed by atoms with van der Waals surface area (Å²) in [5, 5.41) is 0. The van der Waals surface area contributed by atoms with Crippen LogP contribution in [-0.4, -0.2) is 58.4 Å². The lowest BCUT2D eigenvalue weighted by atomic mass is 9.95. The molecular weight excluding hydrogens is 288 g/mol. The van der Waals surface area contributed by atoms with Crippen LogP contribution in [0.3, 0.4) is 0 Å². The zero-order valence-corrected chi connectivity index (χ0v) is 14.2. The van der Waals surface area contributed by atoms with E-state index in [1.807, 2.05) is 4.90 Å². The smallest absolute Gasteiger partial charge is 0.274 e. The average Bonchev–Trinajstić information content (AvgIpc) is 2.83. The van der Waals surface area contributed by atoms with Gasteiger partial charge in [-0.3, -0.25) is 9.78 Å². The number of likely N-dealkylation sites (tertiary alicyclic amines) is 2. The third kappa shape index (κ3) is 4.50. The van der Waals surface area contributed by atoms with Crippen LogP contribution in [0.25, 0.3) is 0 Å². The van der Waals surface area contributed by atoms with E-state index >= 15 is 0 Å². The number of aromatic nitrogens is 2. The normalized spacial score (nSPS) is 24.4. The summed E-state index contributed by atoms with van der Waals surface area (Å²) in [7, 11) is 0. The Morgan fingerprint density at radius 3 is 2.70 bits per heavy atom. The molecule has 0 bridgehead atoms. The molecule has 5 nitrogen and oxygen atoms in total. The predicted octanol–water partition coefficient (Wildman–Crippen LogP) is 2.45. The van der Waals surface area contributed by atoms with Crippen LogP contribution in [0.5, 0.6) is 0 Å². The fraction of sp³-hybridized carbons (Fsp3) is 0.722. The number of nitrogens with zero attached hydrogens (tertiary/aromatic N) is 4. The van der Waals surface area contributed by atoms with Gasteiger partial charge in [-0.15, -0.1) is 0 Å². The van der Waals surface area contributed by atoms with Crippen LogP contribution in [0.4, 0.5) is 0 Å². The molecule has 0 aromatic carbocycles. The molecule has 0 radical (unpaired) electrons. The van der Waals surface area contributed by atoms with Crippen molar-refractivity contribution in [3.05, 3.63) is 24.3 Å². The fourth-order valence-corrected chi connectivity index (χ4v) is 3.73. The highest BCUT2D eigenvalue weighted by atomic mass is 16.2. The summed E-state index contributed by atoms with van der Waals surface area (Å²) in [6.07, 6.45) is 10.9. The van der Waals surface area contributed by atoms with Crippen LogP contribution in [0.2, 0.25) is 0 Å². The van der Waals surface area contributed by atoms with Crippen LogP contribution < -0.4 is 0 Å². The fourth-order valence-electron chi connectivity index (χ4n) is 3.73. The van der Waals surface area contributed by atoms with Gasteiger partial charge in [-0.05, 0) is 57.0 Å². The van der Waals surface area contributed by atoms with Gasteiger partial charge in [-0.2, -0.15) is 0 Å². The molecule has 1 aromatic heterocycles. The van der Waals surface area contributed by atoms with E-state index in [0.717, 1.165) is 37.8 Å². The molecule has 0 aliphatic carbocycles. The summed E-state index contributed by atoms with van der Waals surface area (Å²) < 4.78 is 0. The standard InChI is InChI=1S/C18H28N4O/c1-15-4-10-21(11-5-15)14-16-3-2-9-22(12-6-16)18(23)17-13-19-7-8-20-17/h7-8,13,15-16H,2-6,9-12,14H2,1H3. The highest BCUT2D eigenvalue weighted by Crippen LogP contribution is 2.23. The van der Waals surface area contributed by atoms with Crippen LogP contribution in [0.15, 0.2) is 18.6 Å². The average molecular weight is 316 g/mol. The minimum Gasteiger partial charge on any atom is -0.337 e. The van der Waals surface area contributed by atoms with Crippen molar-refractivity contribution in [3.8, 4) is 0 Å². The molecule has 2 fully saturated rings. The first-order valence-corrected chi connectivity index (χ1v) is 9.00. The predicted molar refractivity (Wildman–Crippen MR) is 90.1 cm³/mol. The van der Waals surface area contributed by atoms with Crippen LogP contribution >= 0.6 is 0 Å². The number of hydrogen-bond donors (Lipinski definition) is 0. The van der Waals surface area contributed by atoms with Gasteiger partial charge >= 0.3 is 0 Å². The molecule has 2 aliphatic heterocycles. The SMILES string of the molecule is CC1CCN(CC2CCCN(C(=O)c3cnccn3)CC2)CC1. The van der Waals surface area contributed by atoms with E-state index in [9.17, 15) is 4.79 Å². The van der Waals surface area contributed by atoms with Crippen molar-refractivity contribution in [2.75, 3.05) is 32.7 Å². The maximum atomic E-state index is 12.5. The third-order valence-electron chi connectivity index (χ3n) is 5.31. The highest BCUT2D eigenvalue weighted by Gasteiger charge is 2.24. The molecule has 1 amide bonds. The van der Waals surface area contributed by atoms with E-state index in [-0.39, 0.29) is 5.91 Å². The van der Waals surface area contributed by atoms with Gasteiger partial charge in [-0.1, -0.05) is 6.92 Å². The molecule has 2 saturated heterocycles. The van der Waals surface area contributed by atoms with Crippen LogP contribution in [0, 0.1) is 11.8 Å². The van der Waals surface area contributed by atoms with E-state index < -0.39 is 0 Å². The molecule has 5 heteroatoms. The van der Waals surface area contributed by atoms with Crippen LogP contribution in [0.1, 0.15) is 49.5 Å². The van der Waals surface area contributed by atoms with Gasteiger partial charge in [0, 0.05) is 32.0 Å². The summed E-state index contributed by atoms with van der Waals surface area (Å²) in [5.74, 6) is 1.65. The molecule has 1 atom stereocenters. The lowest BCUT2D eigenvalue weighted by molar-refractivity contribution is 0.0751. The van der Waals surface area contributed by atoms with Gasteiger partial charge in [0.15, 0.2) is 0 Å². The maximum Gasteiger partial charge on any atom is 0.274 e. The largest absolute Gasteiger partial charge is 0.337 e. The molecule has 0 saturated carbocycles. The van der Waals surface area contributed by atoms with Crippen molar-refractivity contribution in [3.63, 3.8) is 0 Å². The topological polar surface area (TPSA) is 49.3 Å². The number of piperidine rings is 1. The first-order valence-electron chi connectivity index (χ1n) is 9.00. The summed E-state index contributed by atoms with van der Waals surface area (Å²) in [6, 6.07) is 0. The Morgan fingerprint density at radius 1 is 1.13 bits per heavy atom. The van der Waals surface area contributed by atoms with Gasteiger partial charge in [-0.25, -0.2) is 4.98 Å². The Balaban J connectivity index is 1.50. The molecule has 1 unspecified atom stereocenters. The number of rotatable bonds is 3. The van der Waals surface area contributed by atoms with E-state index in [0.29, 0.717) is 5.69 Å². The minimum absolute atomic E-state index is 0.0329. The third-order valence-corrected chi connectivity index (χ3v) is 5.31. The molecule has 1 aromatic rings. The zero-order chi connectivity index (χ0) is 16.1. The van der Waals surface area contributed by atoms with Gasteiger partial charge in [0.1, 0.15) is 5.69 Å². The number of carbonyl (C=O) groups is 1. The van der Waals surface area contributed by atoms with Gasteiger partial charge < -0.3 is 9.80 Å². The quantitative estimate of drug-likeness (QED) is 0.859. The van der Waals surface area contributed by atoms with E-state index in [1.165, 1.54) is 38.9 Å². The zero-order valence-electron chi connectivity index (χ0n) is 14.2. The van der Waals surface area contributed by atoms with Gasteiger partial charge in [0.05, 0.1) is 6.20 Å². The second-order valence-corrected chi connectivity index (χ2v) is 7.16. The maximum absolute atomic E-state index is 12.5. The van der Waals surface area contributed by atoms with E-state index in [2.05, 4.69) is 21.8 Å². The van der Waals surface area contributed by atoms with Gasteiger partial charge in [0.2, 0.25) is 0 Å². The monoisotopic (exact) mass is 316 g/mol. The lowest BCUT2D eigenvalue weighted by Crippen LogP contribution is -2.37. The van der Waals surface area contributed by atoms with Gasteiger partial charge in [0.25, 0.3) is 5.91 Å². The molecule has 0 spiro atoms. The molecule has 2 aliphatic rings. The van der Waals surface area contributed by atoms with Crippen LogP contribution in [-0.2, 0) is 0 Å². The molecule has 23 heavy (non-hydrogen) atoms. The Labute approximate surface area is 139 Å².